The Kier molecular flexibility index (Phi) is 35.0. The monoisotopic (exact) mass is 963 g/mol. The standard InChI is InChI=1S/C62H68N4.C2H6.CH4S.CH4/c1-7-11-13-17-30-48-66-52(5)49-57(55(10-4)32-9-3)51-60(63-6)42-31-36-54(35-21-15-16-29-46-64-58-38-25-19-26-39-58)50-62(66)61(44-43-53-33-22-18-23-34-53)56(37-24-14-12-8-2)45-47-65-59-40-27-20-28-41-59;2*1-2;/h8-17,19-22,24-47,49-51,63-65H,2,5,7,18,23,48H2,1,3-4,6H3;1-2H3;2H,1H3;1H4/b13-11-,14-12-,16-15-,30-17-,32-9-,35-21-,37-24-,42-31+,44-43-,46-29+,47-45+,54-36-,55-10+,57-49+,60-51+,61-56+,62-50+;;;. The van der Waals surface area contributed by atoms with Gasteiger partial charge in [0, 0.05) is 60.0 Å². The summed E-state index contributed by atoms with van der Waals surface area (Å²) in [6.07, 6.45) is 70.1. The predicted octanol–water partition coefficient (Wildman–Crippen LogP) is 18.3. The quantitative estimate of drug-likeness (QED) is 0.0743. The first-order valence-corrected chi connectivity index (χ1v) is 25.2. The highest BCUT2D eigenvalue weighted by Gasteiger charge is 2.18. The second-order valence-electron chi connectivity index (χ2n) is 14.9. The van der Waals surface area contributed by atoms with Crippen molar-refractivity contribution in [2.24, 2.45) is 0 Å². The van der Waals surface area contributed by atoms with Crippen LogP contribution in [0.4, 0.5) is 11.4 Å². The van der Waals surface area contributed by atoms with Gasteiger partial charge in [0.05, 0.1) is 0 Å². The third-order valence-corrected chi connectivity index (χ3v) is 10.0. The highest BCUT2D eigenvalue weighted by molar-refractivity contribution is 7.79. The Labute approximate surface area is 436 Å². The van der Waals surface area contributed by atoms with E-state index < -0.39 is 0 Å². The summed E-state index contributed by atoms with van der Waals surface area (Å²) >= 11 is 3.53. The fraction of sp³-hybridized carbons (Fsp3) is 0.182. The molecule has 4 rings (SSSR count). The molecule has 0 fully saturated rings. The van der Waals surface area contributed by atoms with Gasteiger partial charge in [-0.05, 0) is 128 Å². The van der Waals surface area contributed by atoms with Gasteiger partial charge in [0.1, 0.15) is 0 Å². The molecule has 0 spiro atoms. The molecule has 1 aliphatic carbocycles. The van der Waals surface area contributed by atoms with E-state index in [1.165, 1.54) is 5.57 Å². The van der Waals surface area contributed by atoms with Crippen molar-refractivity contribution in [3.8, 4) is 0 Å². The minimum Gasteiger partial charge on any atom is -0.388 e. The van der Waals surface area contributed by atoms with Crippen molar-refractivity contribution in [2.75, 3.05) is 30.5 Å². The fourth-order valence-corrected chi connectivity index (χ4v) is 6.67. The average Bonchev–Trinajstić information content (AvgIpc) is 3.40. The molecule has 0 saturated carbocycles. The number of thiol groups is 1. The average molecular weight is 963 g/mol. The van der Waals surface area contributed by atoms with Crippen LogP contribution in [0.15, 0.2) is 313 Å². The summed E-state index contributed by atoms with van der Waals surface area (Å²) in [5.74, 6) is 0. The van der Waals surface area contributed by atoms with Gasteiger partial charge in [-0.2, -0.15) is 12.6 Å². The van der Waals surface area contributed by atoms with E-state index in [1.54, 1.807) is 12.3 Å². The van der Waals surface area contributed by atoms with Gasteiger partial charge in [-0.25, -0.2) is 0 Å². The second kappa shape index (κ2) is 40.4. The van der Waals surface area contributed by atoms with E-state index in [9.17, 15) is 0 Å². The Balaban J connectivity index is 0.00000491. The van der Waals surface area contributed by atoms with Gasteiger partial charge in [0.2, 0.25) is 0 Å². The zero-order valence-electron chi connectivity index (χ0n) is 42.8. The van der Waals surface area contributed by atoms with Crippen molar-refractivity contribution in [3.05, 3.63) is 313 Å². The zero-order chi connectivity index (χ0) is 50.9. The minimum absolute atomic E-state index is 0. The van der Waals surface area contributed by atoms with Crippen molar-refractivity contribution in [2.45, 2.75) is 61.3 Å². The van der Waals surface area contributed by atoms with Crippen LogP contribution >= 0.6 is 12.6 Å². The Morgan fingerprint density at radius 3 is 2.01 bits per heavy atom. The van der Waals surface area contributed by atoms with Crippen LogP contribution in [0.5, 0.6) is 0 Å². The first-order valence-electron chi connectivity index (χ1n) is 24.3. The molecule has 0 aromatic heterocycles. The predicted molar refractivity (Wildman–Crippen MR) is 324 cm³/mol. The molecule has 1 heterocycles. The largest absolute Gasteiger partial charge is 0.388 e. The van der Waals surface area contributed by atoms with E-state index in [2.05, 4.69) is 206 Å². The van der Waals surface area contributed by atoms with Gasteiger partial charge in [-0.15, -0.1) is 0 Å². The van der Waals surface area contributed by atoms with Gasteiger partial charge in [0.15, 0.2) is 0 Å². The SMILES string of the molecule is C.C=C/C=C\C=C/C(/C=C/Nc1ccccc1)=C(/C=C\C1=CCCC=C1)C1=C/C(/C=C\C=C/C=C/Nc2ccccc2)=C\C=C\C(NC)=C/C(C(/C=C\C)=C/C)=C\C(=C)N/1C/C=C\C=C/CC.CC.CS. The van der Waals surface area contributed by atoms with Crippen molar-refractivity contribution in [1.82, 2.24) is 10.2 Å². The molecule has 3 N–H and O–H groups in total. The van der Waals surface area contributed by atoms with Gasteiger partial charge < -0.3 is 20.9 Å². The van der Waals surface area contributed by atoms with Crippen LogP contribution in [-0.4, -0.2) is 24.7 Å². The number of anilines is 2. The van der Waals surface area contributed by atoms with E-state index >= 15 is 0 Å². The maximum atomic E-state index is 4.83. The van der Waals surface area contributed by atoms with E-state index in [-0.39, 0.29) is 7.43 Å². The van der Waals surface area contributed by atoms with Crippen LogP contribution in [0.2, 0.25) is 0 Å². The minimum atomic E-state index is 0. The molecular weight excluding hydrogens is 881 g/mol. The molecule has 0 amide bonds. The molecule has 1 aliphatic heterocycles. The topological polar surface area (TPSA) is 39.3 Å². The summed E-state index contributed by atoms with van der Waals surface area (Å²) in [5.41, 5.74) is 11.0. The molecule has 2 aromatic rings. The van der Waals surface area contributed by atoms with Crippen molar-refractivity contribution in [3.63, 3.8) is 0 Å². The van der Waals surface area contributed by atoms with E-state index in [1.807, 2.05) is 119 Å². The number of hydrogen-bond donors (Lipinski definition) is 4. The maximum absolute atomic E-state index is 4.83. The Morgan fingerprint density at radius 1 is 0.704 bits per heavy atom. The summed E-state index contributed by atoms with van der Waals surface area (Å²) in [6, 6.07) is 20.3. The summed E-state index contributed by atoms with van der Waals surface area (Å²) in [7, 11) is 1.95. The fourth-order valence-electron chi connectivity index (χ4n) is 6.67. The summed E-state index contributed by atoms with van der Waals surface area (Å²) < 4.78 is 0. The van der Waals surface area contributed by atoms with E-state index in [0.717, 1.165) is 75.6 Å². The first kappa shape index (κ1) is 61.5. The van der Waals surface area contributed by atoms with E-state index in [4.69, 9.17) is 6.58 Å². The van der Waals surface area contributed by atoms with Crippen LogP contribution in [0, 0.1) is 0 Å². The molecule has 5 heteroatoms. The van der Waals surface area contributed by atoms with Gasteiger partial charge >= 0.3 is 0 Å². The maximum Gasteiger partial charge on any atom is 0.0499 e. The van der Waals surface area contributed by atoms with Crippen LogP contribution in [-0.2, 0) is 0 Å². The van der Waals surface area contributed by atoms with Crippen molar-refractivity contribution in [1.29, 1.82) is 0 Å². The number of likely N-dealkylation sites (N-methyl/N-ethyl adjacent to an activating group) is 1. The van der Waals surface area contributed by atoms with Crippen molar-refractivity contribution >= 4 is 24.0 Å². The molecule has 0 radical (unpaired) electrons. The third-order valence-electron chi connectivity index (χ3n) is 10.0. The molecular formula is C66H82N4S. The number of nitrogens with zero attached hydrogens (tertiary/aromatic N) is 1. The smallest absolute Gasteiger partial charge is 0.0499 e. The van der Waals surface area contributed by atoms with Crippen LogP contribution in [0.1, 0.15) is 61.3 Å². The van der Waals surface area contributed by atoms with Gasteiger partial charge in [0.25, 0.3) is 0 Å². The highest BCUT2D eigenvalue weighted by atomic mass is 32.1. The van der Waals surface area contributed by atoms with Crippen molar-refractivity contribution < 1.29 is 0 Å². The molecule has 0 saturated heterocycles. The highest BCUT2D eigenvalue weighted by Crippen LogP contribution is 2.31. The lowest BCUT2D eigenvalue weighted by molar-refractivity contribution is 0.499. The lowest BCUT2D eigenvalue weighted by Gasteiger charge is -2.30. The number of nitrogens with one attached hydrogen (secondary N) is 3. The normalized spacial score (nSPS) is 18.7. The van der Waals surface area contributed by atoms with Gasteiger partial charge in [-0.3, -0.25) is 0 Å². The number of allylic oxidation sites excluding steroid dienone is 33. The Morgan fingerprint density at radius 2 is 1.38 bits per heavy atom. The molecule has 0 unspecified atom stereocenters. The second-order valence-corrected chi connectivity index (χ2v) is 14.9. The molecule has 0 bridgehead atoms. The molecule has 0 atom stereocenters. The van der Waals surface area contributed by atoms with Crippen LogP contribution < -0.4 is 16.0 Å². The van der Waals surface area contributed by atoms with Crippen LogP contribution in [0.25, 0.3) is 0 Å². The lowest BCUT2D eigenvalue weighted by atomic mass is 9.96. The molecule has 2 aliphatic rings. The zero-order valence-corrected chi connectivity index (χ0v) is 43.7. The van der Waals surface area contributed by atoms with Crippen LogP contribution in [0.3, 0.4) is 0 Å². The number of para-hydroxylation sites is 2. The number of benzene rings is 2. The molecule has 71 heavy (non-hydrogen) atoms. The summed E-state index contributed by atoms with van der Waals surface area (Å²) in [6.45, 7) is 19.6. The third kappa shape index (κ3) is 25.1. The molecule has 2 aromatic carbocycles. The number of hydrogen-bond acceptors (Lipinski definition) is 5. The number of rotatable bonds is 21. The summed E-state index contributed by atoms with van der Waals surface area (Å²) in [4.78, 5) is 2.31. The Bertz CT molecular complexity index is 2490. The lowest BCUT2D eigenvalue weighted by Crippen LogP contribution is -2.23. The van der Waals surface area contributed by atoms with E-state index in [0.29, 0.717) is 6.54 Å². The first-order chi connectivity index (χ1) is 34.5. The summed E-state index contributed by atoms with van der Waals surface area (Å²) in [5, 5.41) is 10.2. The molecule has 4 nitrogen and oxygen atoms in total. The van der Waals surface area contributed by atoms with Gasteiger partial charge in [-0.1, -0.05) is 218 Å². The molecule has 372 valence electrons. The Hall–Kier alpha value is -7.47.